The molecule has 0 bridgehead atoms. The molecule has 0 saturated carbocycles. The van der Waals surface area contributed by atoms with Crippen molar-refractivity contribution in [2.24, 2.45) is 5.73 Å². The van der Waals surface area contributed by atoms with Crippen molar-refractivity contribution in [2.75, 3.05) is 13.7 Å². The number of halogens is 1. The number of amides is 1. The number of hydrogen-bond acceptors (Lipinski definition) is 3. The van der Waals surface area contributed by atoms with Gasteiger partial charge in [-0.25, -0.2) is 0 Å². The topological polar surface area (TPSA) is 55.6 Å². The number of fused-ring (bicyclic) bond motifs is 1. The zero-order valence-corrected chi connectivity index (χ0v) is 17.4. The predicted molar refractivity (Wildman–Crippen MR) is 116 cm³/mol. The van der Waals surface area contributed by atoms with Crippen LogP contribution in [0.15, 0.2) is 48.5 Å². The molecule has 1 unspecified atom stereocenters. The van der Waals surface area contributed by atoms with Gasteiger partial charge in [0.15, 0.2) is 0 Å². The molecule has 3 rings (SSSR count). The van der Waals surface area contributed by atoms with E-state index < -0.39 is 0 Å². The zero-order valence-electron chi connectivity index (χ0n) is 16.6. The molecule has 5 heteroatoms. The lowest BCUT2D eigenvalue weighted by molar-refractivity contribution is -0.135. The highest BCUT2D eigenvalue weighted by molar-refractivity contribution is 5.85. The predicted octanol–water partition coefficient (Wildman–Crippen LogP) is 4.65. The molecule has 0 fully saturated rings. The van der Waals surface area contributed by atoms with E-state index in [1.54, 1.807) is 7.11 Å². The summed E-state index contributed by atoms with van der Waals surface area (Å²) in [6.07, 6.45) is 5.60. The molecular formula is C23H31ClN2O2. The number of nitrogens with two attached hydrogens (primary N) is 1. The average Bonchev–Trinajstić information content (AvgIpc) is 2.72. The van der Waals surface area contributed by atoms with Crippen LogP contribution in [0.25, 0.3) is 0 Å². The van der Waals surface area contributed by atoms with Gasteiger partial charge in [0.05, 0.1) is 13.2 Å². The van der Waals surface area contributed by atoms with Gasteiger partial charge in [0.25, 0.3) is 0 Å². The first-order valence-corrected chi connectivity index (χ1v) is 9.93. The first-order chi connectivity index (χ1) is 13.2. The maximum absolute atomic E-state index is 13.0. The van der Waals surface area contributed by atoms with Gasteiger partial charge in [-0.05, 0) is 54.6 Å². The van der Waals surface area contributed by atoms with Crippen molar-refractivity contribution < 1.29 is 9.53 Å². The molecule has 28 heavy (non-hydrogen) atoms. The second-order valence-electron chi connectivity index (χ2n) is 7.24. The van der Waals surface area contributed by atoms with Crippen molar-refractivity contribution in [3.63, 3.8) is 0 Å². The second-order valence-corrected chi connectivity index (χ2v) is 7.24. The summed E-state index contributed by atoms with van der Waals surface area (Å²) >= 11 is 0. The van der Waals surface area contributed by atoms with Crippen LogP contribution in [0.3, 0.4) is 0 Å². The number of methoxy groups -OCH3 is 1. The fraction of sp³-hybridized carbons (Fsp3) is 0.435. The highest BCUT2D eigenvalue weighted by Crippen LogP contribution is 2.35. The van der Waals surface area contributed by atoms with E-state index in [1.807, 2.05) is 24.3 Å². The molecule has 2 aromatic rings. The molecule has 2 aromatic carbocycles. The Labute approximate surface area is 174 Å². The number of rotatable bonds is 8. The molecule has 1 heterocycles. The molecule has 0 radical (unpaired) electrons. The van der Waals surface area contributed by atoms with Crippen LogP contribution in [0.1, 0.15) is 54.8 Å². The Morgan fingerprint density at radius 3 is 2.54 bits per heavy atom. The van der Waals surface area contributed by atoms with E-state index in [4.69, 9.17) is 10.5 Å². The lowest BCUT2D eigenvalue weighted by Gasteiger charge is -2.37. The van der Waals surface area contributed by atoms with Crippen molar-refractivity contribution in [3.8, 4) is 5.75 Å². The maximum Gasteiger partial charge on any atom is 0.223 e. The molecule has 1 atom stereocenters. The minimum Gasteiger partial charge on any atom is -0.497 e. The Balaban J connectivity index is 0.00000280. The van der Waals surface area contributed by atoms with Crippen LogP contribution in [-0.4, -0.2) is 24.5 Å². The Bertz CT molecular complexity index is 752. The minimum absolute atomic E-state index is 0. The van der Waals surface area contributed by atoms with Crippen LogP contribution >= 0.6 is 12.4 Å². The third-order valence-electron chi connectivity index (χ3n) is 5.39. The number of ether oxygens (including phenoxy) is 1. The third kappa shape index (κ3) is 5.49. The van der Waals surface area contributed by atoms with Crippen molar-refractivity contribution in [1.29, 1.82) is 0 Å². The Morgan fingerprint density at radius 2 is 1.82 bits per heavy atom. The summed E-state index contributed by atoms with van der Waals surface area (Å²) < 4.78 is 5.38. The number of benzene rings is 2. The molecule has 4 nitrogen and oxygen atoms in total. The summed E-state index contributed by atoms with van der Waals surface area (Å²) in [5, 5.41) is 0. The highest BCUT2D eigenvalue weighted by atomic mass is 35.5. The lowest BCUT2D eigenvalue weighted by Crippen LogP contribution is -2.38. The molecule has 0 aliphatic carbocycles. The van der Waals surface area contributed by atoms with Crippen molar-refractivity contribution in [3.05, 3.63) is 65.2 Å². The van der Waals surface area contributed by atoms with Crippen LogP contribution < -0.4 is 10.5 Å². The van der Waals surface area contributed by atoms with E-state index in [0.717, 1.165) is 44.4 Å². The van der Waals surface area contributed by atoms with Gasteiger partial charge in [-0.2, -0.15) is 0 Å². The maximum atomic E-state index is 13.0. The second kappa shape index (κ2) is 11.1. The number of carbonyl (C=O) groups is 1. The fourth-order valence-corrected chi connectivity index (χ4v) is 3.84. The molecule has 2 N–H and O–H groups in total. The van der Waals surface area contributed by atoms with Crippen molar-refractivity contribution in [1.82, 2.24) is 4.90 Å². The summed E-state index contributed by atoms with van der Waals surface area (Å²) in [6, 6.07) is 16.7. The Kier molecular flexibility index (Phi) is 8.81. The van der Waals surface area contributed by atoms with Gasteiger partial charge in [0.2, 0.25) is 5.91 Å². The van der Waals surface area contributed by atoms with E-state index in [0.29, 0.717) is 13.0 Å². The minimum atomic E-state index is 0. The lowest BCUT2D eigenvalue weighted by atomic mass is 9.89. The summed E-state index contributed by atoms with van der Waals surface area (Å²) in [6.45, 7) is 1.38. The summed E-state index contributed by atoms with van der Waals surface area (Å²) in [7, 11) is 1.68. The van der Waals surface area contributed by atoms with E-state index >= 15 is 0 Å². The molecule has 1 aliphatic heterocycles. The van der Waals surface area contributed by atoms with E-state index in [2.05, 4.69) is 29.2 Å². The molecule has 0 aromatic heterocycles. The largest absolute Gasteiger partial charge is 0.497 e. The normalized spacial score (nSPS) is 15.5. The molecular weight excluding hydrogens is 372 g/mol. The van der Waals surface area contributed by atoms with E-state index in [1.165, 1.54) is 16.7 Å². The molecule has 0 spiro atoms. The van der Waals surface area contributed by atoms with Gasteiger partial charge in [0, 0.05) is 13.0 Å². The number of carbonyl (C=O) groups excluding carboxylic acids is 1. The zero-order chi connectivity index (χ0) is 19.1. The van der Waals surface area contributed by atoms with Crippen LogP contribution in [-0.2, 0) is 17.8 Å². The van der Waals surface area contributed by atoms with Crippen LogP contribution in [0.2, 0.25) is 0 Å². The molecule has 1 amide bonds. The molecule has 0 saturated heterocycles. The summed E-state index contributed by atoms with van der Waals surface area (Å²) in [4.78, 5) is 15.1. The third-order valence-corrected chi connectivity index (χ3v) is 5.39. The van der Waals surface area contributed by atoms with E-state index in [-0.39, 0.29) is 24.4 Å². The number of hydrogen-bond donors (Lipinski definition) is 1. The van der Waals surface area contributed by atoms with Crippen LogP contribution in [0.4, 0.5) is 0 Å². The van der Waals surface area contributed by atoms with Crippen LogP contribution in [0.5, 0.6) is 5.75 Å². The van der Waals surface area contributed by atoms with Gasteiger partial charge in [-0.1, -0.05) is 49.2 Å². The molecule has 1 aliphatic rings. The first kappa shape index (κ1) is 22.3. The quantitative estimate of drug-likeness (QED) is 0.653. The van der Waals surface area contributed by atoms with E-state index in [9.17, 15) is 4.79 Å². The van der Waals surface area contributed by atoms with Gasteiger partial charge in [-0.15, -0.1) is 12.4 Å². The van der Waals surface area contributed by atoms with Crippen LogP contribution in [0, 0.1) is 0 Å². The molecule has 152 valence electrons. The monoisotopic (exact) mass is 402 g/mol. The Morgan fingerprint density at radius 1 is 1.07 bits per heavy atom. The fourth-order valence-electron chi connectivity index (χ4n) is 3.84. The standard InChI is InChI=1S/C23H30N2O2.ClH/c1-27-21-13-12-19-16-22(18-9-5-4-6-10-18)25(17-20(19)15-21)23(26)11-7-2-3-8-14-24;/h4-6,9-10,12-13,15,22H,2-3,7-8,11,14,16-17,24H2,1H3;1H. The Hall–Kier alpha value is -2.04. The first-order valence-electron chi connectivity index (χ1n) is 9.93. The number of unbranched alkanes of at least 4 members (excludes halogenated alkanes) is 3. The van der Waals surface area contributed by atoms with Gasteiger partial charge >= 0.3 is 0 Å². The van der Waals surface area contributed by atoms with Gasteiger partial charge < -0.3 is 15.4 Å². The SMILES string of the molecule is COc1ccc2c(c1)CN(C(=O)CCCCCCN)C(c1ccccc1)C2.Cl. The summed E-state index contributed by atoms with van der Waals surface area (Å²) in [5.41, 5.74) is 9.25. The summed E-state index contributed by atoms with van der Waals surface area (Å²) in [5.74, 6) is 1.09. The van der Waals surface area contributed by atoms with Crippen molar-refractivity contribution >= 4 is 18.3 Å². The van der Waals surface area contributed by atoms with Crippen molar-refractivity contribution in [2.45, 2.75) is 51.1 Å². The average molecular weight is 403 g/mol. The number of nitrogens with zero attached hydrogens (tertiary/aromatic N) is 1. The van der Waals surface area contributed by atoms with Gasteiger partial charge in [-0.3, -0.25) is 4.79 Å². The van der Waals surface area contributed by atoms with Gasteiger partial charge in [0.1, 0.15) is 5.75 Å². The smallest absolute Gasteiger partial charge is 0.223 e. The highest BCUT2D eigenvalue weighted by Gasteiger charge is 2.30.